The quantitative estimate of drug-likeness (QED) is 0.896. The maximum atomic E-state index is 10.7. The van der Waals surface area contributed by atoms with E-state index >= 15 is 0 Å². The highest BCUT2D eigenvalue weighted by Crippen LogP contribution is 2.48. The first-order valence-electron chi connectivity index (χ1n) is 8.05. The molecule has 5 nitrogen and oxygen atoms in total. The molecule has 0 radical (unpaired) electrons. The van der Waals surface area contributed by atoms with Crippen LogP contribution in [0.3, 0.4) is 0 Å². The number of likely N-dealkylation sites (N-methyl/N-ethyl adjacent to an activating group) is 1. The first-order valence-corrected chi connectivity index (χ1v) is 8.05. The molecule has 2 aromatic rings. The summed E-state index contributed by atoms with van der Waals surface area (Å²) in [4.78, 5) is 2.14. The number of methoxy groups -OCH3 is 3. The van der Waals surface area contributed by atoms with E-state index in [0.29, 0.717) is 17.2 Å². The molecule has 0 aromatic heterocycles. The molecule has 2 aromatic carbocycles. The lowest BCUT2D eigenvalue weighted by Gasteiger charge is -2.26. The third-order valence-corrected chi connectivity index (χ3v) is 4.83. The minimum Gasteiger partial charge on any atom is -0.504 e. The van der Waals surface area contributed by atoms with Crippen molar-refractivity contribution in [1.29, 1.82) is 0 Å². The van der Waals surface area contributed by atoms with Crippen LogP contribution in [-0.2, 0) is 6.42 Å². The van der Waals surface area contributed by atoms with E-state index in [9.17, 15) is 5.11 Å². The molecule has 0 aliphatic carbocycles. The predicted molar refractivity (Wildman–Crippen MR) is 99.1 cm³/mol. The Kier molecular flexibility index (Phi) is 4.49. The van der Waals surface area contributed by atoms with E-state index in [2.05, 4.69) is 11.5 Å². The van der Waals surface area contributed by atoms with Crippen molar-refractivity contribution in [3.05, 3.63) is 47.5 Å². The van der Waals surface area contributed by atoms with Gasteiger partial charge in [-0.1, -0.05) is 18.7 Å². The smallest absolute Gasteiger partial charge is 0.163 e. The van der Waals surface area contributed by atoms with Gasteiger partial charge in [0.15, 0.2) is 23.0 Å². The summed E-state index contributed by atoms with van der Waals surface area (Å²) in [7, 11) is 6.81. The summed E-state index contributed by atoms with van der Waals surface area (Å²) in [6.45, 7) is 3.88. The summed E-state index contributed by atoms with van der Waals surface area (Å²) in [5.41, 5.74) is 3.90. The third kappa shape index (κ3) is 2.65. The van der Waals surface area contributed by atoms with Crippen molar-refractivity contribution in [3.63, 3.8) is 0 Å². The molecule has 1 unspecified atom stereocenters. The number of hydrogen-bond donors (Lipinski definition) is 1. The number of aromatic hydroxyl groups is 1. The molecule has 0 saturated heterocycles. The summed E-state index contributed by atoms with van der Waals surface area (Å²) in [5, 5.41) is 10.7. The lowest BCUT2D eigenvalue weighted by Crippen LogP contribution is -2.20. The summed E-state index contributed by atoms with van der Waals surface area (Å²) in [6.07, 6.45) is 2.50. The fraction of sp³-hybridized carbons (Fsp3) is 0.300. The fourth-order valence-electron chi connectivity index (χ4n) is 3.51. The lowest BCUT2D eigenvalue weighted by atomic mass is 9.95. The van der Waals surface area contributed by atoms with Gasteiger partial charge in [0.05, 0.1) is 27.4 Å². The average Bonchev–Trinajstić information content (AvgIpc) is 2.95. The van der Waals surface area contributed by atoms with Gasteiger partial charge in [-0.3, -0.25) is 0 Å². The number of hydrogen-bond acceptors (Lipinski definition) is 5. The SMILES string of the molecule is C=Cc1ccc(OC)c(O)c1C1Cc2cc(OC)c(OC)cc2N1C. The zero-order valence-electron chi connectivity index (χ0n) is 15.0. The molecule has 25 heavy (non-hydrogen) atoms. The van der Waals surface area contributed by atoms with Crippen molar-refractivity contribution in [1.82, 2.24) is 0 Å². The maximum Gasteiger partial charge on any atom is 0.163 e. The molecule has 1 aliphatic rings. The zero-order valence-corrected chi connectivity index (χ0v) is 15.0. The number of benzene rings is 2. The second-order valence-electron chi connectivity index (χ2n) is 5.99. The highest BCUT2D eigenvalue weighted by Gasteiger charge is 2.33. The summed E-state index contributed by atoms with van der Waals surface area (Å²) < 4.78 is 16.1. The van der Waals surface area contributed by atoms with Crippen molar-refractivity contribution in [2.24, 2.45) is 0 Å². The molecule has 0 fully saturated rings. The molecule has 0 spiro atoms. The Balaban J connectivity index is 2.11. The molecule has 0 saturated carbocycles. The number of nitrogens with zero attached hydrogens (tertiary/aromatic N) is 1. The maximum absolute atomic E-state index is 10.7. The molecule has 0 bridgehead atoms. The Bertz CT molecular complexity index is 816. The minimum absolute atomic E-state index is 0.0325. The molecule has 5 heteroatoms. The van der Waals surface area contributed by atoms with Crippen molar-refractivity contribution in [3.8, 4) is 23.0 Å². The number of fused-ring (bicyclic) bond motifs is 1. The van der Waals surface area contributed by atoms with Gasteiger partial charge >= 0.3 is 0 Å². The third-order valence-electron chi connectivity index (χ3n) is 4.83. The number of rotatable bonds is 5. The summed E-state index contributed by atoms with van der Waals surface area (Å²) in [6, 6.07) is 7.60. The minimum atomic E-state index is -0.0325. The topological polar surface area (TPSA) is 51.2 Å². The molecule has 1 N–H and O–H groups in total. The van der Waals surface area contributed by atoms with Crippen molar-refractivity contribution >= 4 is 11.8 Å². The van der Waals surface area contributed by atoms with E-state index in [-0.39, 0.29) is 11.8 Å². The number of phenolic OH excluding ortho intramolecular Hbond substituents is 1. The van der Waals surface area contributed by atoms with Gasteiger partial charge < -0.3 is 24.2 Å². The predicted octanol–water partition coefficient (Wildman–Crippen LogP) is 3.79. The molecule has 0 amide bonds. The molecule has 132 valence electrons. The first-order chi connectivity index (χ1) is 12.0. The van der Waals surface area contributed by atoms with Crippen LogP contribution in [0.1, 0.15) is 22.7 Å². The summed E-state index contributed by atoms with van der Waals surface area (Å²) >= 11 is 0. The fourth-order valence-corrected chi connectivity index (χ4v) is 3.51. The van der Waals surface area contributed by atoms with E-state index in [0.717, 1.165) is 28.8 Å². The van der Waals surface area contributed by atoms with Gasteiger partial charge in [-0.15, -0.1) is 0 Å². The van der Waals surface area contributed by atoms with Crippen LogP contribution < -0.4 is 19.1 Å². The monoisotopic (exact) mass is 341 g/mol. The van der Waals surface area contributed by atoms with Gasteiger partial charge in [0.2, 0.25) is 0 Å². The Morgan fingerprint density at radius 2 is 1.72 bits per heavy atom. The molecule has 3 rings (SSSR count). The average molecular weight is 341 g/mol. The van der Waals surface area contributed by atoms with Crippen molar-refractivity contribution < 1.29 is 19.3 Å². The van der Waals surface area contributed by atoms with Gasteiger partial charge in [-0.05, 0) is 29.7 Å². The Labute approximate surface area is 148 Å². The van der Waals surface area contributed by atoms with Crippen molar-refractivity contribution in [2.45, 2.75) is 12.5 Å². The Morgan fingerprint density at radius 1 is 1.08 bits per heavy atom. The van der Waals surface area contributed by atoms with Gasteiger partial charge in [-0.2, -0.15) is 0 Å². The van der Waals surface area contributed by atoms with E-state index < -0.39 is 0 Å². The standard InChI is InChI=1S/C20H23NO4/c1-6-12-7-8-16(23-3)20(22)19(12)15-9-13-10-17(24-4)18(25-5)11-14(13)21(15)2/h6-8,10-11,15,22H,1,9H2,2-5H3. The van der Waals surface area contributed by atoms with E-state index in [1.54, 1.807) is 33.5 Å². The van der Waals surface area contributed by atoms with Crippen LogP contribution >= 0.6 is 0 Å². The second-order valence-corrected chi connectivity index (χ2v) is 5.99. The van der Waals surface area contributed by atoms with Crippen LogP contribution in [0, 0.1) is 0 Å². The zero-order chi connectivity index (χ0) is 18.1. The number of phenols is 1. The van der Waals surface area contributed by atoms with E-state index in [1.165, 1.54) is 0 Å². The number of anilines is 1. The number of ether oxygens (including phenoxy) is 3. The summed E-state index contributed by atoms with van der Waals surface area (Å²) in [5.74, 6) is 2.00. The van der Waals surface area contributed by atoms with E-state index in [4.69, 9.17) is 14.2 Å². The van der Waals surface area contributed by atoms with Crippen molar-refractivity contribution in [2.75, 3.05) is 33.3 Å². The Morgan fingerprint density at radius 3 is 2.32 bits per heavy atom. The Hall–Kier alpha value is -2.82. The first kappa shape index (κ1) is 17.0. The van der Waals surface area contributed by atoms with Crippen LogP contribution in [0.5, 0.6) is 23.0 Å². The van der Waals surface area contributed by atoms with Crippen LogP contribution in [0.25, 0.3) is 6.08 Å². The molecular weight excluding hydrogens is 318 g/mol. The molecule has 1 aliphatic heterocycles. The van der Waals surface area contributed by atoms with Crippen LogP contribution in [0.15, 0.2) is 30.8 Å². The largest absolute Gasteiger partial charge is 0.504 e. The van der Waals surface area contributed by atoms with Gasteiger partial charge in [0.25, 0.3) is 0 Å². The van der Waals surface area contributed by atoms with Crippen LogP contribution in [0.4, 0.5) is 5.69 Å². The molecular formula is C20H23NO4. The lowest BCUT2D eigenvalue weighted by molar-refractivity contribution is 0.355. The highest BCUT2D eigenvalue weighted by atomic mass is 16.5. The highest BCUT2D eigenvalue weighted by molar-refractivity contribution is 5.70. The van der Waals surface area contributed by atoms with Crippen LogP contribution in [0.2, 0.25) is 0 Å². The van der Waals surface area contributed by atoms with Gasteiger partial charge in [-0.25, -0.2) is 0 Å². The molecule has 1 atom stereocenters. The van der Waals surface area contributed by atoms with Gasteiger partial charge in [0.1, 0.15) is 0 Å². The van der Waals surface area contributed by atoms with Gasteiger partial charge in [0, 0.05) is 24.4 Å². The normalized spacial score (nSPS) is 15.7. The second kappa shape index (κ2) is 6.59. The van der Waals surface area contributed by atoms with Crippen LogP contribution in [-0.4, -0.2) is 33.5 Å². The van der Waals surface area contributed by atoms with E-state index in [1.807, 2.05) is 25.2 Å². The molecule has 1 heterocycles.